The van der Waals surface area contributed by atoms with E-state index in [-0.39, 0.29) is 46.9 Å². The summed E-state index contributed by atoms with van der Waals surface area (Å²) in [6.45, 7) is 10.3. The molecule has 6 rings (SSSR count). The van der Waals surface area contributed by atoms with Crippen LogP contribution in [0.3, 0.4) is 0 Å². The molecule has 5 heterocycles. The lowest BCUT2D eigenvalue weighted by molar-refractivity contribution is -0.275. The summed E-state index contributed by atoms with van der Waals surface area (Å²) in [4.78, 5) is 26.8. The Morgan fingerprint density at radius 1 is 1.20 bits per heavy atom. The fourth-order valence-electron chi connectivity index (χ4n) is 7.05. The van der Waals surface area contributed by atoms with Gasteiger partial charge in [-0.2, -0.15) is 0 Å². The quantitative estimate of drug-likeness (QED) is 0.303. The van der Waals surface area contributed by atoms with Crippen LogP contribution in [0.25, 0.3) is 22.0 Å². The summed E-state index contributed by atoms with van der Waals surface area (Å²) < 4.78 is 81.9. The Labute approximate surface area is 250 Å². The number of hydrogen-bond donors (Lipinski definition) is 2. The number of piperazine rings is 1. The van der Waals surface area contributed by atoms with Crippen LogP contribution in [0.1, 0.15) is 44.9 Å². The van der Waals surface area contributed by atoms with Crippen molar-refractivity contribution in [2.24, 2.45) is 0 Å². The second-order valence-corrected chi connectivity index (χ2v) is 11.7. The number of nitrogens with one attached hydrogen (secondary N) is 1. The number of rotatable bonds is 5. The first-order valence-corrected chi connectivity index (χ1v) is 14.6. The molecule has 44 heavy (non-hydrogen) atoms. The highest BCUT2D eigenvalue weighted by molar-refractivity contribution is 6.02. The van der Waals surface area contributed by atoms with Crippen molar-refractivity contribution in [2.75, 3.05) is 30.3 Å². The van der Waals surface area contributed by atoms with Crippen molar-refractivity contribution >= 4 is 28.2 Å². The summed E-state index contributed by atoms with van der Waals surface area (Å²) in [6, 6.07) is 1.13. The zero-order chi connectivity index (χ0) is 31.9. The maximum atomic E-state index is 16.7. The van der Waals surface area contributed by atoms with Gasteiger partial charge >= 0.3 is 6.36 Å². The number of nitrogens with two attached hydrogens (primary N) is 1. The van der Waals surface area contributed by atoms with Crippen LogP contribution >= 0.6 is 0 Å². The van der Waals surface area contributed by atoms with Gasteiger partial charge in [-0.3, -0.25) is 10.1 Å². The molecule has 9 nitrogen and oxygen atoms in total. The molecule has 0 radical (unpaired) electrons. The number of carbonyl (C=O) groups excluding carboxylic acids is 1. The molecular weight excluding hydrogens is 587 g/mol. The van der Waals surface area contributed by atoms with Crippen LogP contribution in [-0.2, 0) is 4.79 Å². The maximum Gasteiger partial charge on any atom is 0.573 e. The lowest BCUT2D eigenvalue weighted by Gasteiger charge is -2.48. The van der Waals surface area contributed by atoms with E-state index < -0.39 is 46.6 Å². The fourth-order valence-corrected chi connectivity index (χ4v) is 7.05. The molecule has 4 unspecified atom stereocenters. The van der Waals surface area contributed by atoms with Crippen LogP contribution in [-0.4, -0.2) is 70.5 Å². The van der Waals surface area contributed by atoms with E-state index in [0.717, 1.165) is 6.07 Å². The SMILES string of the molecule is CCN(CC)C(=O)C12CCC(N1)C1C(C)Oc3nc(-c4cc(N)cc(F)c4OC(F)(F)F)c(F)c4c(C)c(C)nc(c34)N1C2. The highest BCUT2D eigenvalue weighted by Crippen LogP contribution is 2.48. The average molecular weight is 621 g/mol. The van der Waals surface area contributed by atoms with Crippen molar-refractivity contribution in [1.29, 1.82) is 0 Å². The number of anilines is 2. The van der Waals surface area contributed by atoms with Gasteiger partial charge in [-0.15, -0.1) is 13.2 Å². The number of halogens is 5. The lowest BCUT2D eigenvalue weighted by atomic mass is 9.92. The summed E-state index contributed by atoms with van der Waals surface area (Å²) in [5, 5.41) is 3.80. The molecule has 2 saturated heterocycles. The largest absolute Gasteiger partial charge is 0.573 e. The Morgan fingerprint density at radius 2 is 1.91 bits per heavy atom. The maximum absolute atomic E-state index is 16.7. The number of ether oxygens (including phenoxy) is 2. The zero-order valence-electron chi connectivity index (χ0n) is 24.9. The number of nitrogen functional groups attached to an aromatic ring is 1. The predicted molar refractivity (Wildman–Crippen MR) is 154 cm³/mol. The molecule has 3 N–H and O–H groups in total. The predicted octanol–water partition coefficient (Wildman–Crippen LogP) is 5.00. The van der Waals surface area contributed by atoms with Crippen molar-refractivity contribution < 1.29 is 36.2 Å². The first-order valence-electron chi connectivity index (χ1n) is 14.6. The molecule has 2 aromatic heterocycles. The normalized spacial score (nSPS) is 24.1. The van der Waals surface area contributed by atoms with Crippen LogP contribution < -0.4 is 25.4 Å². The first kappa shape index (κ1) is 30.1. The van der Waals surface area contributed by atoms with Gasteiger partial charge in [0.15, 0.2) is 17.4 Å². The van der Waals surface area contributed by atoms with Crippen molar-refractivity contribution in [2.45, 2.75) is 77.5 Å². The van der Waals surface area contributed by atoms with Gasteiger partial charge in [-0.1, -0.05) is 0 Å². The van der Waals surface area contributed by atoms with Crippen molar-refractivity contribution in [3.63, 3.8) is 0 Å². The van der Waals surface area contributed by atoms with Gasteiger partial charge in [0, 0.05) is 48.5 Å². The minimum absolute atomic E-state index is 0.0103. The topological polar surface area (TPSA) is 106 Å². The zero-order valence-corrected chi connectivity index (χ0v) is 24.9. The van der Waals surface area contributed by atoms with Gasteiger partial charge in [0.05, 0.1) is 17.0 Å². The first-order chi connectivity index (χ1) is 20.7. The summed E-state index contributed by atoms with van der Waals surface area (Å²) in [7, 11) is 0. The molecule has 1 amide bonds. The molecule has 2 bridgehead atoms. The molecule has 0 aliphatic carbocycles. The van der Waals surface area contributed by atoms with Crippen molar-refractivity contribution in [3.05, 3.63) is 35.0 Å². The number of hydrogen-bond acceptors (Lipinski definition) is 8. The molecule has 3 aliphatic heterocycles. The third-order valence-electron chi connectivity index (χ3n) is 9.13. The van der Waals surface area contributed by atoms with Crippen LogP contribution in [0, 0.1) is 25.5 Å². The Bertz CT molecular complexity index is 1680. The van der Waals surface area contributed by atoms with Crippen LogP contribution in [0.5, 0.6) is 11.6 Å². The molecule has 4 atom stereocenters. The second-order valence-electron chi connectivity index (χ2n) is 11.7. The van der Waals surface area contributed by atoms with Gasteiger partial charge in [0.25, 0.3) is 0 Å². The fraction of sp³-hybridized carbons (Fsp3) is 0.500. The van der Waals surface area contributed by atoms with E-state index >= 15 is 4.39 Å². The number of pyridine rings is 2. The third kappa shape index (κ3) is 4.56. The molecule has 3 aliphatic rings. The van der Waals surface area contributed by atoms with E-state index in [0.29, 0.717) is 49.1 Å². The minimum atomic E-state index is -5.27. The Hall–Kier alpha value is -3.94. The van der Waals surface area contributed by atoms with Gasteiger partial charge < -0.3 is 25.0 Å². The smallest absolute Gasteiger partial charge is 0.472 e. The number of aromatic nitrogens is 2. The monoisotopic (exact) mass is 620 g/mol. The number of aryl methyl sites for hydroxylation is 2. The van der Waals surface area contributed by atoms with E-state index in [1.54, 1.807) is 18.7 Å². The summed E-state index contributed by atoms with van der Waals surface area (Å²) in [6.07, 6.45) is -4.56. The van der Waals surface area contributed by atoms with Gasteiger partial charge in [-0.25, -0.2) is 18.7 Å². The number of carbonyl (C=O) groups is 1. The Balaban J connectivity index is 1.59. The van der Waals surface area contributed by atoms with Crippen LogP contribution in [0.4, 0.5) is 33.5 Å². The molecule has 14 heteroatoms. The number of benzene rings is 1. The lowest BCUT2D eigenvalue weighted by Crippen LogP contribution is -2.71. The number of amides is 1. The minimum Gasteiger partial charge on any atom is -0.472 e. The van der Waals surface area contributed by atoms with E-state index in [1.807, 2.05) is 25.7 Å². The van der Waals surface area contributed by atoms with Crippen molar-refractivity contribution in [1.82, 2.24) is 20.2 Å². The van der Waals surface area contributed by atoms with Gasteiger partial charge in [0.1, 0.15) is 23.2 Å². The number of likely N-dealkylation sites (N-methyl/N-ethyl adjacent to an activating group) is 1. The molecule has 2 fully saturated rings. The van der Waals surface area contributed by atoms with Gasteiger partial charge in [-0.05, 0) is 59.1 Å². The standard InChI is InChI=1S/C30H33F5N6O3/c1-6-40(7-2)28(42)29-9-8-19(39-29)24-15(5)43-27-21-20(13(3)14(4)37-26(21)41(24)12-29)22(32)23(38-27)17-10-16(36)11-18(31)25(17)44-30(33,34)35/h10-11,15,19,24,39H,6-9,12,36H2,1-5H3. The Morgan fingerprint density at radius 3 is 2.57 bits per heavy atom. The highest BCUT2D eigenvalue weighted by Gasteiger charge is 2.57. The van der Waals surface area contributed by atoms with E-state index in [2.05, 4.69) is 15.0 Å². The van der Waals surface area contributed by atoms with Gasteiger partial charge in [0.2, 0.25) is 11.8 Å². The molecule has 3 aromatic rings. The van der Waals surface area contributed by atoms with Crippen LogP contribution in [0.15, 0.2) is 12.1 Å². The van der Waals surface area contributed by atoms with Crippen molar-refractivity contribution in [3.8, 4) is 22.9 Å². The summed E-state index contributed by atoms with van der Waals surface area (Å²) >= 11 is 0. The van der Waals surface area contributed by atoms with E-state index in [1.165, 1.54) is 0 Å². The number of nitrogens with zero attached hydrogens (tertiary/aromatic N) is 4. The van der Waals surface area contributed by atoms with E-state index in [9.17, 15) is 22.4 Å². The number of alkyl halides is 3. The molecule has 236 valence electrons. The summed E-state index contributed by atoms with van der Waals surface area (Å²) in [5.41, 5.74) is 4.27. The Kier molecular flexibility index (Phi) is 7.06. The molecular formula is C30H33F5N6O3. The molecule has 0 spiro atoms. The molecule has 0 saturated carbocycles. The average Bonchev–Trinajstić information content (AvgIpc) is 3.24. The highest BCUT2D eigenvalue weighted by atomic mass is 19.4. The molecule has 1 aromatic carbocycles. The number of fused-ring (bicyclic) bond motifs is 5. The van der Waals surface area contributed by atoms with E-state index in [4.69, 9.17) is 15.5 Å². The van der Waals surface area contributed by atoms with Crippen LogP contribution in [0.2, 0.25) is 0 Å². The second kappa shape index (κ2) is 10.3. The summed E-state index contributed by atoms with van der Waals surface area (Å²) in [5.74, 6) is -3.44. The third-order valence-corrected chi connectivity index (χ3v) is 9.13.